The standard InChI is InChI=1S/C17H15ClN2O6/c1-10(16(21)19-13-5-3-4-6-14(13)20(23)24)26-17(22)12-9-11(18)7-8-15(12)25-2/h3-10H,1-2H3,(H,19,21)/t10-/m1/s1. The number of carbonyl (C=O) groups is 2. The number of methoxy groups -OCH3 is 1. The van der Waals surface area contributed by atoms with Crippen molar-refractivity contribution in [3.8, 4) is 5.75 Å². The number of hydrogen-bond acceptors (Lipinski definition) is 6. The van der Waals surface area contributed by atoms with Gasteiger partial charge in [0, 0.05) is 11.1 Å². The summed E-state index contributed by atoms with van der Waals surface area (Å²) in [4.78, 5) is 34.8. The van der Waals surface area contributed by atoms with Crippen molar-refractivity contribution in [3.05, 3.63) is 63.2 Å². The van der Waals surface area contributed by atoms with Crippen molar-refractivity contribution < 1.29 is 24.0 Å². The molecule has 0 aliphatic carbocycles. The molecule has 0 saturated carbocycles. The lowest BCUT2D eigenvalue weighted by Gasteiger charge is -2.15. The summed E-state index contributed by atoms with van der Waals surface area (Å²) in [6, 6.07) is 10.0. The van der Waals surface area contributed by atoms with Crippen LogP contribution < -0.4 is 10.1 Å². The maximum Gasteiger partial charge on any atom is 0.342 e. The van der Waals surface area contributed by atoms with Crippen LogP contribution in [0.5, 0.6) is 5.75 Å². The van der Waals surface area contributed by atoms with Gasteiger partial charge in [0.15, 0.2) is 6.10 Å². The van der Waals surface area contributed by atoms with E-state index in [-0.39, 0.29) is 22.7 Å². The number of ether oxygens (including phenoxy) is 2. The summed E-state index contributed by atoms with van der Waals surface area (Å²) >= 11 is 5.86. The van der Waals surface area contributed by atoms with E-state index in [1.54, 1.807) is 6.07 Å². The third-order valence-electron chi connectivity index (χ3n) is 3.39. The van der Waals surface area contributed by atoms with E-state index < -0.39 is 22.9 Å². The Kier molecular flexibility index (Phi) is 6.13. The first-order valence-corrected chi connectivity index (χ1v) is 7.80. The van der Waals surface area contributed by atoms with Gasteiger partial charge in [0.2, 0.25) is 0 Å². The largest absolute Gasteiger partial charge is 0.496 e. The minimum Gasteiger partial charge on any atom is -0.496 e. The van der Waals surface area contributed by atoms with Crippen LogP contribution in [-0.4, -0.2) is 30.0 Å². The van der Waals surface area contributed by atoms with Crippen LogP contribution in [0.3, 0.4) is 0 Å². The summed E-state index contributed by atoms with van der Waals surface area (Å²) < 4.78 is 10.2. The Balaban J connectivity index is 2.11. The van der Waals surface area contributed by atoms with Crippen molar-refractivity contribution >= 4 is 34.9 Å². The van der Waals surface area contributed by atoms with E-state index in [4.69, 9.17) is 21.1 Å². The van der Waals surface area contributed by atoms with Crippen molar-refractivity contribution in [3.63, 3.8) is 0 Å². The van der Waals surface area contributed by atoms with E-state index in [1.807, 2.05) is 0 Å². The van der Waals surface area contributed by atoms with Gasteiger partial charge in [-0.2, -0.15) is 0 Å². The number of nitro benzene ring substituents is 1. The van der Waals surface area contributed by atoms with Gasteiger partial charge in [0.05, 0.1) is 12.0 Å². The van der Waals surface area contributed by atoms with Gasteiger partial charge >= 0.3 is 5.97 Å². The predicted molar refractivity (Wildman–Crippen MR) is 94.6 cm³/mol. The van der Waals surface area contributed by atoms with Crippen molar-refractivity contribution in [2.24, 2.45) is 0 Å². The molecule has 0 heterocycles. The molecule has 0 spiro atoms. The molecule has 0 saturated heterocycles. The highest BCUT2D eigenvalue weighted by molar-refractivity contribution is 6.31. The third kappa shape index (κ3) is 4.48. The summed E-state index contributed by atoms with van der Waals surface area (Å²) in [5, 5.41) is 13.7. The zero-order chi connectivity index (χ0) is 19.3. The Morgan fingerprint density at radius 2 is 1.92 bits per heavy atom. The number of rotatable bonds is 6. The summed E-state index contributed by atoms with van der Waals surface area (Å²) in [7, 11) is 1.38. The van der Waals surface area contributed by atoms with E-state index in [1.165, 1.54) is 50.4 Å². The first kappa shape index (κ1) is 19.2. The predicted octanol–water partition coefficient (Wildman–Crippen LogP) is 3.44. The maximum atomic E-state index is 12.3. The van der Waals surface area contributed by atoms with Crippen LogP contribution in [0.25, 0.3) is 0 Å². The second-order valence-corrected chi connectivity index (χ2v) is 5.59. The molecule has 1 amide bonds. The molecule has 2 aromatic rings. The Labute approximate surface area is 153 Å². The van der Waals surface area contributed by atoms with Gasteiger partial charge in [0.25, 0.3) is 11.6 Å². The lowest BCUT2D eigenvalue weighted by molar-refractivity contribution is -0.383. The smallest absolute Gasteiger partial charge is 0.342 e. The van der Waals surface area contributed by atoms with Crippen LogP contribution in [0.2, 0.25) is 5.02 Å². The van der Waals surface area contributed by atoms with Gasteiger partial charge in [-0.3, -0.25) is 14.9 Å². The number of carbonyl (C=O) groups excluding carboxylic acids is 2. The molecular formula is C17H15ClN2O6. The first-order valence-electron chi connectivity index (χ1n) is 7.42. The number of amides is 1. The van der Waals surface area contributed by atoms with Gasteiger partial charge in [-0.25, -0.2) is 4.79 Å². The molecule has 2 rings (SSSR count). The summed E-state index contributed by atoms with van der Waals surface area (Å²) in [6.45, 7) is 1.35. The molecule has 0 bridgehead atoms. The summed E-state index contributed by atoms with van der Waals surface area (Å²) in [5.74, 6) is -1.28. The second kappa shape index (κ2) is 8.30. The number of nitro groups is 1. The molecule has 0 unspecified atom stereocenters. The number of para-hydroxylation sites is 2. The van der Waals surface area contributed by atoms with Crippen LogP contribution in [0, 0.1) is 10.1 Å². The molecule has 0 aliphatic rings. The molecule has 26 heavy (non-hydrogen) atoms. The second-order valence-electron chi connectivity index (χ2n) is 5.16. The fourth-order valence-electron chi connectivity index (χ4n) is 2.09. The Hall–Kier alpha value is -3.13. The molecule has 1 N–H and O–H groups in total. The van der Waals surface area contributed by atoms with Gasteiger partial charge in [-0.05, 0) is 31.2 Å². The number of esters is 1. The number of nitrogens with zero attached hydrogens (tertiary/aromatic N) is 1. The molecule has 0 aromatic heterocycles. The van der Waals surface area contributed by atoms with Gasteiger partial charge in [-0.15, -0.1) is 0 Å². The van der Waals surface area contributed by atoms with Gasteiger partial charge < -0.3 is 14.8 Å². The number of hydrogen-bond donors (Lipinski definition) is 1. The normalized spacial score (nSPS) is 11.3. The van der Waals surface area contributed by atoms with E-state index in [2.05, 4.69) is 5.32 Å². The monoisotopic (exact) mass is 378 g/mol. The zero-order valence-corrected chi connectivity index (χ0v) is 14.6. The van der Waals surface area contributed by atoms with Crippen molar-refractivity contribution in [1.29, 1.82) is 0 Å². The minimum absolute atomic E-state index is 0.00531. The van der Waals surface area contributed by atoms with E-state index in [9.17, 15) is 19.7 Å². The van der Waals surface area contributed by atoms with Crippen LogP contribution in [-0.2, 0) is 9.53 Å². The van der Waals surface area contributed by atoms with E-state index in [0.717, 1.165) is 0 Å². The third-order valence-corrected chi connectivity index (χ3v) is 3.63. The molecule has 0 radical (unpaired) electrons. The van der Waals surface area contributed by atoms with Crippen LogP contribution in [0.1, 0.15) is 17.3 Å². The minimum atomic E-state index is -1.20. The summed E-state index contributed by atoms with van der Waals surface area (Å²) in [5.41, 5.74) is -0.202. The maximum absolute atomic E-state index is 12.3. The molecule has 0 fully saturated rings. The zero-order valence-electron chi connectivity index (χ0n) is 13.9. The van der Waals surface area contributed by atoms with Crippen molar-refractivity contribution in [2.45, 2.75) is 13.0 Å². The average Bonchev–Trinajstić information content (AvgIpc) is 2.61. The van der Waals surface area contributed by atoms with E-state index >= 15 is 0 Å². The lowest BCUT2D eigenvalue weighted by Crippen LogP contribution is -2.30. The Morgan fingerprint density at radius 1 is 1.23 bits per heavy atom. The van der Waals surface area contributed by atoms with Crippen molar-refractivity contribution in [1.82, 2.24) is 0 Å². The molecule has 136 valence electrons. The van der Waals surface area contributed by atoms with Gasteiger partial charge in [0.1, 0.15) is 17.0 Å². The van der Waals surface area contributed by atoms with E-state index in [0.29, 0.717) is 5.02 Å². The SMILES string of the molecule is COc1ccc(Cl)cc1C(=O)O[C@H](C)C(=O)Nc1ccccc1[N+](=O)[O-]. The number of anilines is 1. The summed E-state index contributed by atoms with van der Waals surface area (Å²) in [6.07, 6.45) is -1.20. The van der Waals surface area contributed by atoms with Gasteiger partial charge in [-0.1, -0.05) is 23.7 Å². The highest BCUT2D eigenvalue weighted by Crippen LogP contribution is 2.25. The fraction of sp³-hybridized carbons (Fsp3) is 0.176. The average molecular weight is 379 g/mol. The molecule has 1 atom stereocenters. The van der Waals surface area contributed by atoms with Crippen LogP contribution >= 0.6 is 11.6 Å². The number of halogens is 1. The van der Waals surface area contributed by atoms with Crippen LogP contribution in [0.15, 0.2) is 42.5 Å². The molecule has 2 aromatic carbocycles. The lowest BCUT2D eigenvalue weighted by atomic mass is 10.2. The number of benzene rings is 2. The Bertz CT molecular complexity index is 855. The highest BCUT2D eigenvalue weighted by Gasteiger charge is 2.23. The highest BCUT2D eigenvalue weighted by atomic mass is 35.5. The van der Waals surface area contributed by atoms with Crippen molar-refractivity contribution in [2.75, 3.05) is 12.4 Å². The number of nitrogens with one attached hydrogen (secondary N) is 1. The quantitative estimate of drug-likeness (QED) is 0.468. The molecule has 8 nitrogen and oxygen atoms in total. The molecule has 0 aliphatic heterocycles. The molecular weight excluding hydrogens is 364 g/mol. The Morgan fingerprint density at radius 3 is 2.58 bits per heavy atom. The fourth-order valence-corrected chi connectivity index (χ4v) is 2.26. The molecule has 9 heteroatoms. The first-order chi connectivity index (χ1) is 12.3. The topological polar surface area (TPSA) is 108 Å². The van der Waals surface area contributed by atoms with Crippen LogP contribution in [0.4, 0.5) is 11.4 Å².